The lowest BCUT2D eigenvalue weighted by molar-refractivity contribution is -0.120. The van der Waals surface area contributed by atoms with E-state index in [0.29, 0.717) is 0 Å². The molecule has 0 saturated carbocycles. The van der Waals surface area contributed by atoms with Crippen molar-refractivity contribution in [2.45, 2.75) is 6.42 Å². The number of benzene rings is 3. The molecule has 0 atom stereocenters. The quantitative estimate of drug-likeness (QED) is 0.375. The Balaban J connectivity index is 1.50. The summed E-state index contributed by atoms with van der Waals surface area (Å²) < 4.78 is 3.07. The number of rotatable bonds is 4. The third-order valence-corrected chi connectivity index (χ3v) is 5.32. The first-order chi connectivity index (χ1) is 13.1. The molecular weight excluding hydrogens is 402 g/mol. The zero-order chi connectivity index (χ0) is 18.8. The first-order valence-electron chi connectivity index (χ1n) is 8.65. The molecule has 0 saturated heterocycles. The Morgan fingerprint density at radius 2 is 1.74 bits per heavy atom. The van der Waals surface area contributed by atoms with Gasteiger partial charge in [-0.1, -0.05) is 64.5 Å². The van der Waals surface area contributed by atoms with Crippen molar-refractivity contribution in [3.63, 3.8) is 0 Å². The average molecular weight is 420 g/mol. The number of aromatic nitrogens is 1. The Kier molecular flexibility index (Phi) is 4.77. The topological polar surface area (TPSA) is 46.4 Å². The fraction of sp³-hybridized carbons (Fsp3) is 0.0909. The molecule has 0 fully saturated rings. The van der Waals surface area contributed by atoms with E-state index in [1.54, 1.807) is 6.21 Å². The summed E-state index contributed by atoms with van der Waals surface area (Å²) in [5, 5.41) is 7.43. The minimum atomic E-state index is -0.140. The average Bonchev–Trinajstić information content (AvgIpc) is 3.01. The summed E-state index contributed by atoms with van der Waals surface area (Å²) in [4.78, 5) is 12.4. The highest BCUT2D eigenvalue weighted by Gasteiger charge is 2.08. The van der Waals surface area contributed by atoms with E-state index in [2.05, 4.69) is 32.5 Å². The fourth-order valence-corrected chi connectivity index (χ4v) is 3.82. The van der Waals surface area contributed by atoms with Crippen molar-refractivity contribution < 1.29 is 4.79 Å². The Labute approximate surface area is 165 Å². The van der Waals surface area contributed by atoms with Crippen molar-refractivity contribution in [3.8, 4) is 0 Å². The third kappa shape index (κ3) is 3.51. The summed E-state index contributed by atoms with van der Waals surface area (Å²) in [5.41, 5.74) is 5.73. The molecule has 1 amide bonds. The number of hydrogen-bond donors (Lipinski definition) is 1. The largest absolute Gasteiger partial charge is 0.350 e. The maximum Gasteiger partial charge on any atom is 0.244 e. The van der Waals surface area contributed by atoms with Gasteiger partial charge in [-0.05, 0) is 28.5 Å². The van der Waals surface area contributed by atoms with Crippen LogP contribution in [-0.4, -0.2) is 16.7 Å². The highest BCUT2D eigenvalue weighted by Crippen LogP contribution is 2.27. The van der Waals surface area contributed by atoms with Gasteiger partial charge >= 0.3 is 0 Å². The van der Waals surface area contributed by atoms with E-state index < -0.39 is 0 Å². The summed E-state index contributed by atoms with van der Waals surface area (Å²) in [6.45, 7) is 0. The molecule has 3 aromatic carbocycles. The van der Waals surface area contributed by atoms with Crippen LogP contribution in [0, 0.1) is 0 Å². The van der Waals surface area contributed by atoms with Crippen LogP contribution in [0.5, 0.6) is 0 Å². The summed E-state index contributed by atoms with van der Waals surface area (Å²) in [7, 11) is 2.00. The molecule has 0 spiro atoms. The van der Waals surface area contributed by atoms with Gasteiger partial charge in [-0.3, -0.25) is 4.79 Å². The first-order valence-corrected chi connectivity index (χ1v) is 9.45. The van der Waals surface area contributed by atoms with Crippen LogP contribution in [0.1, 0.15) is 11.1 Å². The van der Waals surface area contributed by atoms with Crippen molar-refractivity contribution in [1.82, 2.24) is 9.99 Å². The van der Waals surface area contributed by atoms with E-state index >= 15 is 0 Å². The van der Waals surface area contributed by atoms with Crippen LogP contribution < -0.4 is 5.43 Å². The van der Waals surface area contributed by atoms with Crippen molar-refractivity contribution >= 4 is 49.7 Å². The van der Waals surface area contributed by atoms with Gasteiger partial charge in [0.05, 0.1) is 12.6 Å². The highest BCUT2D eigenvalue weighted by atomic mass is 79.9. The number of amides is 1. The minimum absolute atomic E-state index is 0.140. The standard InChI is InChI=1S/C22H18BrN3O/c1-26-14-16(18-7-4-5-9-21(18)26)13-24-25-22(27)12-15-10-11-20(23)19-8-3-2-6-17(15)19/h2-11,13-14H,12H2,1H3,(H,25,27)/b24-13+. The molecular formula is C22H18BrN3O. The van der Waals surface area contributed by atoms with Crippen LogP contribution in [0.25, 0.3) is 21.7 Å². The SMILES string of the molecule is Cn1cc(/C=N/NC(=O)Cc2ccc(Br)c3ccccc23)c2ccccc21. The number of halogens is 1. The molecule has 1 aromatic heterocycles. The molecule has 1 heterocycles. The maximum absolute atomic E-state index is 12.4. The minimum Gasteiger partial charge on any atom is -0.350 e. The predicted molar refractivity (Wildman–Crippen MR) is 114 cm³/mol. The van der Waals surface area contributed by atoms with E-state index in [-0.39, 0.29) is 12.3 Å². The fourth-order valence-electron chi connectivity index (χ4n) is 3.34. The van der Waals surface area contributed by atoms with Gasteiger partial charge in [0.25, 0.3) is 0 Å². The number of carbonyl (C=O) groups excluding carboxylic acids is 1. The Bertz CT molecular complexity index is 1180. The van der Waals surface area contributed by atoms with Gasteiger partial charge in [0.15, 0.2) is 0 Å². The lowest BCUT2D eigenvalue weighted by atomic mass is 10.0. The van der Waals surface area contributed by atoms with Gasteiger partial charge < -0.3 is 4.57 Å². The summed E-state index contributed by atoms with van der Waals surface area (Å²) >= 11 is 3.56. The molecule has 5 heteroatoms. The monoisotopic (exact) mass is 419 g/mol. The van der Waals surface area contributed by atoms with Gasteiger partial charge in [-0.25, -0.2) is 5.43 Å². The molecule has 4 rings (SSSR count). The zero-order valence-electron chi connectivity index (χ0n) is 14.8. The Morgan fingerprint density at radius 3 is 2.56 bits per heavy atom. The van der Waals surface area contributed by atoms with Crippen LogP contribution in [0.4, 0.5) is 0 Å². The maximum atomic E-state index is 12.4. The van der Waals surface area contributed by atoms with Crippen LogP contribution in [-0.2, 0) is 18.3 Å². The number of fused-ring (bicyclic) bond motifs is 2. The summed E-state index contributed by atoms with van der Waals surface area (Å²) in [6.07, 6.45) is 3.98. The normalized spacial score (nSPS) is 11.5. The number of hydrazone groups is 1. The molecule has 0 aliphatic rings. The summed E-state index contributed by atoms with van der Waals surface area (Å²) in [6, 6.07) is 20.1. The van der Waals surface area contributed by atoms with Gasteiger partial charge in [0.2, 0.25) is 5.91 Å². The second kappa shape index (κ2) is 7.37. The molecule has 0 aliphatic heterocycles. The van der Waals surface area contributed by atoms with Crippen molar-refractivity contribution in [2.75, 3.05) is 0 Å². The van der Waals surface area contributed by atoms with E-state index in [0.717, 1.165) is 37.3 Å². The molecule has 134 valence electrons. The molecule has 0 unspecified atom stereocenters. The number of carbonyl (C=O) groups is 1. The van der Waals surface area contributed by atoms with Crippen LogP contribution in [0.3, 0.4) is 0 Å². The lowest BCUT2D eigenvalue weighted by Crippen LogP contribution is -2.19. The molecule has 0 bridgehead atoms. The van der Waals surface area contributed by atoms with Gasteiger partial charge in [0, 0.05) is 34.2 Å². The van der Waals surface area contributed by atoms with Gasteiger partial charge in [-0.2, -0.15) is 5.10 Å². The second-order valence-electron chi connectivity index (χ2n) is 6.43. The Hall–Kier alpha value is -2.92. The molecule has 4 aromatic rings. The van der Waals surface area contributed by atoms with Crippen molar-refractivity contribution in [3.05, 3.63) is 82.5 Å². The van der Waals surface area contributed by atoms with Crippen LogP contribution in [0.2, 0.25) is 0 Å². The lowest BCUT2D eigenvalue weighted by Gasteiger charge is -2.07. The van der Waals surface area contributed by atoms with Crippen molar-refractivity contribution in [2.24, 2.45) is 12.1 Å². The van der Waals surface area contributed by atoms with Crippen LogP contribution in [0.15, 0.2) is 76.4 Å². The number of nitrogens with one attached hydrogen (secondary N) is 1. The second-order valence-corrected chi connectivity index (χ2v) is 7.29. The van der Waals surface area contributed by atoms with E-state index in [1.807, 2.05) is 72.4 Å². The predicted octanol–water partition coefficient (Wildman–Crippen LogP) is 4.79. The highest BCUT2D eigenvalue weighted by molar-refractivity contribution is 9.10. The molecule has 4 nitrogen and oxygen atoms in total. The number of aryl methyl sites for hydroxylation is 1. The molecule has 1 N–H and O–H groups in total. The number of para-hydroxylation sites is 1. The van der Waals surface area contributed by atoms with E-state index in [9.17, 15) is 4.79 Å². The zero-order valence-corrected chi connectivity index (χ0v) is 16.4. The smallest absolute Gasteiger partial charge is 0.244 e. The van der Waals surface area contributed by atoms with E-state index in [1.165, 1.54) is 0 Å². The third-order valence-electron chi connectivity index (χ3n) is 4.63. The molecule has 0 radical (unpaired) electrons. The van der Waals surface area contributed by atoms with E-state index in [4.69, 9.17) is 0 Å². The van der Waals surface area contributed by atoms with Crippen molar-refractivity contribution in [1.29, 1.82) is 0 Å². The number of nitrogens with zero attached hydrogens (tertiary/aromatic N) is 2. The van der Waals surface area contributed by atoms with Gasteiger partial charge in [0.1, 0.15) is 0 Å². The summed E-state index contributed by atoms with van der Waals surface area (Å²) in [5.74, 6) is -0.140. The number of hydrogen-bond acceptors (Lipinski definition) is 2. The first kappa shape index (κ1) is 17.5. The molecule has 27 heavy (non-hydrogen) atoms. The van der Waals surface area contributed by atoms with Crippen LogP contribution >= 0.6 is 15.9 Å². The Morgan fingerprint density at radius 1 is 1.04 bits per heavy atom. The van der Waals surface area contributed by atoms with Gasteiger partial charge in [-0.15, -0.1) is 0 Å². The molecule has 0 aliphatic carbocycles.